The number of benzene rings is 1. The van der Waals surface area contributed by atoms with E-state index in [1.165, 1.54) is 19.4 Å². The summed E-state index contributed by atoms with van der Waals surface area (Å²) in [6.07, 6.45) is 0.451. The third-order valence-electron chi connectivity index (χ3n) is 6.35. The first-order valence-electron chi connectivity index (χ1n) is 14.6. The third-order valence-corrected chi connectivity index (χ3v) is 6.35. The van der Waals surface area contributed by atoms with E-state index >= 15 is 0 Å². The maximum Gasteiger partial charge on any atom is 0.332 e. The number of rotatable bonds is 17. The molecule has 1 aromatic heterocycles. The number of carbonyl (C=O) groups is 5. The van der Waals surface area contributed by atoms with E-state index in [0.717, 1.165) is 12.5 Å². The molecule has 0 aliphatic heterocycles. The Morgan fingerprint density at radius 1 is 0.844 bits per heavy atom. The standard InChI is InChI=1S/C32H42N2O11/c1-19(2)30(37)43-18-42-28-26(40-7)15-16-33-27(28)29(36)34-24(17-41-22(6)35)32(39)44-21(5)25(45-31(38)20(3)4)14-13-23-11-9-8-10-12-23/h8-12,15-16,19-21,24-25H,13-14,17-18H2,1-7H3,(H,34,36). The van der Waals surface area contributed by atoms with Crippen LogP contribution in [0.25, 0.3) is 0 Å². The fourth-order valence-electron chi connectivity index (χ4n) is 3.77. The summed E-state index contributed by atoms with van der Waals surface area (Å²) in [6, 6.07) is 9.49. The topological polar surface area (TPSA) is 166 Å². The summed E-state index contributed by atoms with van der Waals surface area (Å²) in [5.74, 6) is -4.39. The molecule has 2 aromatic rings. The fraction of sp³-hybridized carbons (Fsp3) is 0.500. The van der Waals surface area contributed by atoms with E-state index in [9.17, 15) is 24.0 Å². The number of aryl methyl sites for hydroxylation is 1. The van der Waals surface area contributed by atoms with Crippen molar-refractivity contribution < 1.29 is 52.4 Å². The van der Waals surface area contributed by atoms with Crippen molar-refractivity contribution in [3.63, 3.8) is 0 Å². The third kappa shape index (κ3) is 12.1. The Balaban J connectivity index is 2.24. The average Bonchev–Trinajstić information content (AvgIpc) is 3.00. The van der Waals surface area contributed by atoms with Crippen LogP contribution < -0.4 is 14.8 Å². The highest BCUT2D eigenvalue weighted by atomic mass is 16.7. The summed E-state index contributed by atoms with van der Waals surface area (Å²) in [5.41, 5.74) is 0.708. The minimum absolute atomic E-state index is 0.108. The van der Waals surface area contributed by atoms with Crippen LogP contribution in [-0.4, -0.2) is 73.5 Å². The van der Waals surface area contributed by atoms with Crippen LogP contribution in [0.5, 0.6) is 11.5 Å². The van der Waals surface area contributed by atoms with E-state index in [1.807, 2.05) is 30.3 Å². The van der Waals surface area contributed by atoms with Crippen molar-refractivity contribution in [2.45, 2.75) is 72.6 Å². The van der Waals surface area contributed by atoms with Gasteiger partial charge in [-0.15, -0.1) is 0 Å². The number of ether oxygens (including phenoxy) is 6. The maximum absolute atomic E-state index is 13.4. The lowest BCUT2D eigenvalue weighted by molar-refractivity contribution is -0.171. The minimum atomic E-state index is -1.47. The molecule has 0 saturated carbocycles. The lowest BCUT2D eigenvalue weighted by Gasteiger charge is -2.27. The van der Waals surface area contributed by atoms with E-state index in [-0.39, 0.29) is 17.2 Å². The summed E-state index contributed by atoms with van der Waals surface area (Å²) in [6.45, 7) is 8.30. The summed E-state index contributed by atoms with van der Waals surface area (Å²) >= 11 is 0. The van der Waals surface area contributed by atoms with Crippen LogP contribution in [0.4, 0.5) is 0 Å². The van der Waals surface area contributed by atoms with Gasteiger partial charge >= 0.3 is 23.9 Å². The molecule has 0 aliphatic carbocycles. The van der Waals surface area contributed by atoms with Gasteiger partial charge in [0.15, 0.2) is 23.2 Å². The van der Waals surface area contributed by atoms with Crippen molar-refractivity contribution >= 4 is 29.8 Å². The normalized spacial score (nSPS) is 12.8. The summed E-state index contributed by atoms with van der Waals surface area (Å²) < 4.78 is 32.2. The predicted molar refractivity (Wildman–Crippen MR) is 160 cm³/mol. The molecule has 0 saturated heterocycles. The molecular weight excluding hydrogens is 588 g/mol. The van der Waals surface area contributed by atoms with Gasteiger partial charge in [0, 0.05) is 19.2 Å². The molecule has 0 aliphatic rings. The van der Waals surface area contributed by atoms with Crippen molar-refractivity contribution in [2.24, 2.45) is 11.8 Å². The van der Waals surface area contributed by atoms with Crippen molar-refractivity contribution in [1.82, 2.24) is 10.3 Å². The van der Waals surface area contributed by atoms with Crippen molar-refractivity contribution in [2.75, 3.05) is 20.5 Å². The first-order chi connectivity index (χ1) is 21.3. The van der Waals surface area contributed by atoms with Gasteiger partial charge in [-0.25, -0.2) is 9.78 Å². The lowest BCUT2D eigenvalue weighted by Crippen LogP contribution is -2.47. The molecule has 246 valence electrons. The quantitative estimate of drug-likeness (QED) is 0.154. The molecule has 3 unspecified atom stereocenters. The number of hydrogen-bond donors (Lipinski definition) is 1. The van der Waals surface area contributed by atoms with Gasteiger partial charge in [-0.2, -0.15) is 0 Å². The zero-order valence-corrected chi connectivity index (χ0v) is 26.7. The van der Waals surface area contributed by atoms with Gasteiger partial charge in [-0.05, 0) is 25.3 Å². The van der Waals surface area contributed by atoms with Crippen LogP contribution >= 0.6 is 0 Å². The molecular formula is C32H42N2O11. The lowest BCUT2D eigenvalue weighted by atomic mass is 10.0. The molecule has 2 rings (SSSR count). The number of aromatic nitrogens is 1. The Labute approximate surface area is 262 Å². The monoisotopic (exact) mass is 630 g/mol. The second kappa shape index (κ2) is 18.2. The number of carbonyl (C=O) groups excluding carboxylic acids is 5. The van der Waals surface area contributed by atoms with E-state index in [2.05, 4.69) is 10.3 Å². The number of nitrogens with one attached hydrogen (secondary N) is 1. The number of nitrogens with zero attached hydrogens (tertiary/aromatic N) is 1. The van der Waals surface area contributed by atoms with Crippen LogP contribution in [0.15, 0.2) is 42.6 Å². The number of amides is 1. The number of pyridine rings is 1. The molecule has 13 heteroatoms. The van der Waals surface area contributed by atoms with Crippen molar-refractivity contribution in [1.29, 1.82) is 0 Å². The smallest absolute Gasteiger partial charge is 0.332 e. The van der Waals surface area contributed by atoms with Crippen molar-refractivity contribution in [3.8, 4) is 11.5 Å². The van der Waals surface area contributed by atoms with Crippen LogP contribution in [0, 0.1) is 11.8 Å². The van der Waals surface area contributed by atoms with Crippen LogP contribution in [-0.2, 0) is 44.5 Å². The Morgan fingerprint density at radius 2 is 1.51 bits per heavy atom. The van der Waals surface area contributed by atoms with Crippen molar-refractivity contribution in [3.05, 3.63) is 53.9 Å². The van der Waals surface area contributed by atoms with Gasteiger partial charge in [0.25, 0.3) is 5.91 Å². The SMILES string of the molecule is COc1ccnc(C(=O)NC(COC(C)=O)C(=O)OC(C)C(CCc2ccccc2)OC(=O)C(C)C)c1OCOC(=O)C(C)C. The minimum Gasteiger partial charge on any atom is -0.493 e. The molecule has 3 atom stereocenters. The van der Waals surface area contributed by atoms with E-state index in [0.29, 0.717) is 12.8 Å². The summed E-state index contributed by atoms with van der Waals surface area (Å²) in [4.78, 5) is 66.7. The Morgan fingerprint density at radius 3 is 2.11 bits per heavy atom. The second-order valence-electron chi connectivity index (χ2n) is 10.7. The largest absolute Gasteiger partial charge is 0.493 e. The van der Waals surface area contributed by atoms with Gasteiger partial charge in [0.1, 0.15) is 18.8 Å². The number of esters is 4. The molecule has 1 amide bonds. The Hall–Kier alpha value is -4.68. The van der Waals surface area contributed by atoms with E-state index in [1.54, 1.807) is 34.6 Å². The van der Waals surface area contributed by atoms with E-state index in [4.69, 9.17) is 28.4 Å². The zero-order valence-electron chi connectivity index (χ0n) is 26.7. The molecule has 1 N–H and O–H groups in total. The maximum atomic E-state index is 13.4. The molecule has 0 bridgehead atoms. The van der Waals surface area contributed by atoms with Gasteiger partial charge < -0.3 is 33.7 Å². The van der Waals surface area contributed by atoms with Gasteiger partial charge in [-0.1, -0.05) is 58.0 Å². The Bertz CT molecular complexity index is 1300. The van der Waals surface area contributed by atoms with Crippen LogP contribution in [0.2, 0.25) is 0 Å². The molecule has 0 fully saturated rings. The van der Waals surface area contributed by atoms with E-state index < -0.39 is 73.3 Å². The number of hydrogen-bond acceptors (Lipinski definition) is 12. The summed E-state index contributed by atoms with van der Waals surface area (Å²) in [5, 5.41) is 2.45. The molecule has 13 nitrogen and oxygen atoms in total. The Kier molecular flexibility index (Phi) is 14.8. The second-order valence-corrected chi connectivity index (χ2v) is 10.7. The zero-order chi connectivity index (χ0) is 33.5. The van der Waals surface area contributed by atoms with Gasteiger partial charge in [0.05, 0.1) is 18.9 Å². The average molecular weight is 631 g/mol. The van der Waals surface area contributed by atoms with Gasteiger partial charge in [-0.3, -0.25) is 19.2 Å². The van der Waals surface area contributed by atoms with Gasteiger partial charge in [0.2, 0.25) is 6.79 Å². The molecule has 1 heterocycles. The first kappa shape index (κ1) is 36.5. The molecule has 45 heavy (non-hydrogen) atoms. The summed E-state index contributed by atoms with van der Waals surface area (Å²) in [7, 11) is 1.34. The highest BCUT2D eigenvalue weighted by Gasteiger charge is 2.32. The first-order valence-corrected chi connectivity index (χ1v) is 14.6. The fourth-order valence-corrected chi connectivity index (χ4v) is 3.77. The van der Waals surface area contributed by atoms with Crippen LogP contribution in [0.1, 0.15) is 64.0 Å². The number of methoxy groups -OCH3 is 1. The highest BCUT2D eigenvalue weighted by molar-refractivity contribution is 5.98. The molecule has 0 spiro atoms. The highest BCUT2D eigenvalue weighted by Crippen LogP contribution is 2.29. The predicted octanol–water partition coefficient (Wildman–Crippen LogP) is 3.42. The molecule has 0 radical (unpaired) electrons. The molecule has 1 aromatic carbocycles. The van der Waals surface area contributed by atoms with Crippen LogP contribution in [0.3, 0.4) is 0 Å².